The quantitative estimate of drug-likeness (QED) is 0.563. The molecular formula is C19H21N5OS. The minimum Gasteiger partial charge on any atom is -0.341 e. The lowest BCUT2D eigenvalue weighted by molar-refractivity contribution is -0.130. The fraction of sp³-hybridized carbons (Fsp3) is 0.368. The zero-order chi connectivity index (χ0) is 17.8. The van der Waals surface area contributed by atoms with Crippen molar-refractivity contribution in [1.29, 1.82) is 0 Å². The Balaban J connectivity index is 1.67. The molecule has 3 aromatic rings. The summed E-state index contributed by atoms with van der Waals surface area (Å²) in [7, 11) is 0. The molecule has 26 heavy (non-hydrogen) atoms. The highest BCUT2D eigenvalue weighted by Crippen LogP contribution is 2.38. The minimum atomic E-state index is -0.317. The number of likely N-dealkylation sites (tertiary alicyclic amines) is 1. The topological polar surface area (TPSA) is 74.8 Å². The number of carbonyl (C=O) groups is 1. The number of amides is 1. The van der Waals surface area contributed by atoms with Crippen molar-refractivity contribution in [3.63, 3.8) is 0 Å². The van der Waals surface area contributed by atoms with Gasteiger partial charge in [-0.2, -0.15) is 5.10 Å². The van der Waals surface area contributed by atoms with E-state index in [9.17, 15) is 4.79 Å². The van der Waals surface area contributed by atoms with Crippen LogP contribution in [0.15, 0.2) is 47.9 Å². The van der Waals surface area contributed by atoms with Gasteiger partial charge in [-0.25, -0.2) is 9.97 Å². The standard InChI is InChI=1S/C19H21N5OS/c25-19(24-10-6-1-2-7-11-24)16(14-8-4-3-5-9-14)26-18-15-12-22-23-17(15)20-13-21-18/h3-5,8-9,12-13,16H,1-2,6-7,10-11H2,(H,20,21,22,23). The number of rotatable bonds is 4. The van der Waals surface area contributed by atoms with E-state index in [4.69, 9.17) is 0 Å². The molecule has 1 N–H and O–H groups in total. The highest BCUT2D eigenvalue weighted by molar-refractivity contribution is 8.00. The van der Waals surface area contributed by atoms with E-state index in [1.54, 1.807) is 6.20 Å². The maximum Gasteiger partial charge on any atom is 0.240 e. The van der Waals surface area contributed by atoms with E-state index in [1.807, 2.05) is 35.2 Å². The molecule has 1 unspecified atom stereocenters. The second-order valence-electron chi connectivity index (χ2n) is 6.46. The Labute approximate surface area is 156 Å². The number of hydrogen-bond donors (Lipinski definition) is 1. The number of aromatic nitrogens is 4. The van der Waals surface area contributed by atoms with Crippen LogP contribution in [0.3, 0.4) is 0 Å². The first-order valence-corrected chi connectivity index (χ1v) is 9.85. The van der Waals surface area contributed by atoms with Gasteiger partial charge in [-0.15, -0.1) is 0 Å². The number of thioether (sulfide) groups is 1. The molecule has 1 aliphatic heterocycles. The third kappa shape index (κ3) is 3.58. The molecule has 2 aromatic heterocycles. The van der Waals surface area contributed by atoms with Gasteiger partial charge in [-0.3, -0.25) is 9.89 Å². The molecule has 0 radical (unpaired) electrons. The van der Waals surface area contributed by atoms with Gasteiger partial charge in [0.15, 0.2) is 5.65 Å². The van der Waals surface area contributed by atoms with Gasteiger partial charge in [-0.1, -0.05) is 54.9 Å². The van der Waals surface area contributed by atoms with Crippen molar-refractivity contribution in [2.45, 2.75) is 36.0 Å². The van der Waals surface area contributed by atoms with E-state index in [-0.39, 0.29) is 11.2 Å². The van der Waals surface area contributed by atoms with Gasteiger partial charge in [-0.05, 0) is 18.4 Å². The fourth-order valence-electron chi connectivity index (χ4n) is 3.29. The SMILES string of the molecule is O=C(C(Sc1ncnc2[nH]ncc12)c1ccccc1)N1CCCCCC1. The molecule has 1 fully saturated rings. The van der Waals surface area contributed by atoms with Gasteiger partial charge >= 0.3 is 0 Å². The normalized spacial score (nSPS) is 16.4. The predicted molar refractivity (Wildman–Crippen MR) is 102 cm³/mol. The van der Waals surface area contributed by atoms with Crippen LogP contribution >= 0.6 is 11.8 Å². The minimum absolute atomic E-state index is 0.165. The van der Waals surface area contributed by atoms with Gasteiger partial charge in [0.2, 0.25) is 5.91 Å². The molecule has 0 bridgehead atoms. The number of aromatic amines is 1. The zero-order valence-corrected chi connectivity index (χ0v) is 15.3. The Morgan fingerprint density at radius 1 is 1.08 bits per heavy atom. The second-order valence-corrected chi connectivity index (χ2v) is 7.55. The smallest absolute Gasteiger partial charge is 0.240 e. The van der Waals surface area contributed by atoms with Crippen molar-refractivity contribution < 1.29 is 4.79 Å². The largest absolute Gasteiger partial charge is 0.341 e. The van der Waals surface area contributed by atoms with E-state index in [0.29, 0.717) is 5.65 Å². The van der Waals surface area contributed by atoms with Crippen LogP contribution in [0.5, 0.6) is 0 Å². The van der Waals surface area contributed by atoms with Crippen LogP contribution in [0.2, 0.25) is 0 Å². The van der Waals surface area contributed by atoms with Crippen molar-refractivity contribution >= 4 is 28.7 Å². The van der Waals surface area contributed by atoms with Crippen LogP contribution in [0.25, 0.3) is 11.0 Å². The highest BCUT2D eigenvalue weighted by atomic mass is 32.2. The summed E-state index contributed by atoms with van der Waals surface area (Å²) < 4.78 is 0. The van der Waals surface area contributed by atoms with E-state index >= 15 is 0 Å². The first-order chi connectivity index (χ1) is 12.8. The number of carbonyl (C=O) groups excluding carboxylic acids is 1. The molecular weight excluding hydrogens is 346 g/mol. The molecule has 1 amide bonds. The average Bonchev–Trinajstić information content (AvgIpc) is 3.01. The Kier molecular flexibility index (Phi) is 5.15. The second kappa shape index (κ2) is 7.86. The first kappa shape index (κ1) is 17.0. The Hall–Kier alpha value is -2.41. The predicted octanol–water partition coefficient (Wildman–Crippen LogP) is 3.59. The van der Waals surface area contributed by atoms with Crippen LogP contribution in [0, 0.1) is 0 Å². The van der Waals surface area contributed by atoms with Crippen LogP contribution in [-0.2, 0) is 4.79 Å². The molecule has 1 atom stereocenters. The molecule has 6 nitrogen and oxygen atoms in total. The molecule has 3 heterocycles. The van der Waals surface area contributed by atoms with Crippen LogP contribution in [0.4, 0.5) is 0 Å². The summed E-state index contributed by atoms with van der Waals surface area (Å²) in [4.78, 5) is 24.0. The van der Waals surface area contributed by atoms with Gasteiger partial charge in [0, 0.05) is 13.1 Å². The molecule has 0 saturated carbocycles. The number of benzene rings is 1. The molecule has 7 heteroatoms. The highest BCUT2D eigenvalue weighted by Gasteiger charge is 2.28. The van der Waals surface area contributed by atoms with E-state index in [2.05, 4.69) is 20.2 Å². The molecule has 4 rings (SSSR count). The van der Waals surface area contributed by atoms with E-state index < -0.39 is 0 Å². The maximum absolute atomic E-state index is 13.4. The number of nitrogens with one attached hydrogen (secondary N) is 1. The monoisotopic (exact) mass is 367 g/mol. The lowest BCUT2D eigenvalue weighted by Gasteiger charge is -2.26. The summed E-state index contributed by atoms with van der Waals surface area (Å²) in [5.41, 5.74) is 1.69. The van der Waals surface area contributed by atoms with Crippen molar-refractivity contribution in [2.24, 2.45) is 0 Å². The summed E-state index contributed by atoms with van der Waals surface area (Å²) in [6.07, 6.45) is 7.80. The molecule has 1 saturated heterocycles. The first-order valence-electron chi connectivity index (χ1n) is 8.97. The van der Waals surface area contributed by atoms with Crippen LogP contribution in [-0.4, -0.2) is 44.1 Å². The number of fused-ring (bicyclic) bond motifs is 1. The summed E-state index contributed by atoms with van der Waals surface area (Å²) in [6.45, 7) is 1.68. The van der Waals surface area contributed by atoms with Crippen molar-refractivity contribution in [3.05, 3.63) is 48.4 Å². The molecule has 1 aliphatic rings. The van der Waals surface area contributed by atoms with E-state index in [0.717, 1.165) is 41.9 Å². The zero-order valence-electron chi connectivity index (χ0n) is 14.5. The van der Waals surface area contributed by atoms with Crippen molar-refractivity contribution in [1.82, 2.24) is 25.1 Å². The lowest BCUT2D eigenvalue weighted by atomic mass is 10.1. The average molecular weight is 367 g/mol. The summed E-state index contributed by atoms with van der Waals surface area (Å²) in [5.74, 6) is 0.165. The molecule has 0 spiro atoms. The van der Waals surface area contributed by atoms with Gasteiger partial charge in [0.25, 0.3) is 0 Å². The number of H-pyrrole nitrogens is 1. The fourth-order valence-corrected chi connectivity index (χ4v) is 4.44. The summed E-state index contributed by atoms with van der Waals surface area (Å²) >= 11 is 1.48. The Bertz CT molecular complexity index is 874. The maximum atomic E-state index is 13.4. The van der Waals surface area contributed by atoms with Gasteiger partial charge in [0.1, 0.15) is 16.6 Å². The Morgan fingerprint density at radius 3 is 2.62 bits per heavy atom. The number of nitrogens with zero attached hydrogens (tertiary/aromatic N) is 4. The third-order valence-electron chi connectivity index (χ3n) is 4.69. The lowest BCUT2D eigenvalue weighted by Crippen LogP contribution is -2.35. The molecule has 1 aromatic carbocycles. The van der Waals surface area contributed by atoms with Crippen LogP contribution < -0.4 is 0 Å². The molecule has 134 valence electrons. The number of hydrogen-bond acceptors (Lipinski definition) is 5. The van der Waals surface area contributed by atoms with Gasteiger partial charge in [0.05, 0.1) is 11.6 Å². The van der Waals surface area contributed by atoms with Gasteiger partial charge < -0.3 is 4.90 Å². The summed E-state index contributed by atoms with van der Waals surface area (Å²) in [5, 5.41) is 8.23. The van der Waals surface area contributed by atoms with E-state index in [1.165, 1.54) is 30.9 Å². The van der Waals surface area contributed by atoms with Crippen molar-refractivity contribution in [3.8, 4) is 0 Å². The summed E-state index contributed by atoms with van der Waals surface area (Å²) in [6, 6.07) is 9.96. The third-order valence-corrected chi connectivity index (χ3v) is 5.94. The molecule has 0 aliphatic carbocycles. The Morgan fingerprint density at radius 2 is 1.85 bits per heavy atom. The van der Waals surface area contributed by atoms with Crippen molar-refractivity contribution in [2.75, 3.05) is 13.1 Å². The van der Waals surface area contributed by atoms with Crippen LogP contribution in [0.1, 0.15) is 36.5 Å².